The van der Waals surface area contributed by atoms with Crippen LogP contribution in [-0.4, -0.2) is 41.7 Å². The van der Waals surface area contributed by atoms with Crippen molar-refractivity contribution >= 4 is 30.8 Å². The van der Waals surface area contributed by atoms with E-state index in [0.29, 0.717) is 35.8 Å². The first-order valence-electron chi connectivity index (χ1n) is 8.83. The molecular formula is C18H41ClNiOP2. The van der Waals surface area contributed by atoms with E-state index in [-0.39, 0.29) is 10.2 Å². The molecule has 0 bridgehead atoms. The first kappa shape index (κ1) is 29.1. The van der Waals surface area contributed by atoms with Gasteiger partial charge in [-0.15, -0.1) is 15.8 Å². The van der Waals surface area contributed by atoms with Crippen LogP contribution in [0.3, 0.4) is 0 Å². The van der Waals surface area contributed by atoms with Gasteiger partial charge in [0.25, 0.3) is 0 Å². The minimum atomic E-state index is 0.0664. The molecule has 0 aromatic carbocycles. The molecule has 0 spiro atoms. The number of hydrogen-bond donors (Lipinski definition) is 0. The van der Waals surface area contributed by atoms with Crippen molar-refractivity contribution < 1.29 is 18.3 Å². The summed E-state index contributed by atoms with van der Waals surface area (Å²) in [6.45, 7) is 19.8. The van der Waals surface area contributed by atoms with Crippen molar-refractivity contribution in [2.75, 3.05) is 37.0 Å². The van der Waals surface area contributed by atoms with Crippen LogP contribution >= 0.6 is 26.0 Å². The van der Waals surface area contributed by atoms with Crippen LogP contribution in [0.2, 0.25) is 0 Å². The first-order valence-corrected chi connectivity index (χ1v) is 14.5. The van der Waals surface area contributed by atoms with Crippen LogP contribution in [0, 0.1) is 5.41 Å². The van der Waals surface area contributed by atoms with Crippen molar-refractivity contribution in [2.45, 2.75) is 68.7 Å². The van der Waals surface area contributed by atoms with E-state index in [1.54, 1.807) is 0 Å². The average Bonchev–Trinajstić information content (AvgIpc) is 2.50. The van der Waals surface area contributed by atoms with Crippen LogP contribution in [0.15, 0.2) is 0 Å². The number of hydrogen-bond acceptors (Lipinski definition) is 1. The van der Waals surface area contributed by atoms with Gasteiger partial charge in [-0.1, -0.05) is 41.5 Å². The zero-order valence-electron chi connectivity index (χ0n) is 16.9. The molecule has 0 radical (unpaired) electrons. The maximum Gasteiger partial charge on any atom is -0.0355 e. The second-order valence-electron chi connectivity index (χ2n) is 6.36. The first-order chi connectivity index (χ1) is 10.6. The molecule has 23 heavy (non-hydrogen) atoms. The van der Waals surface area contributed by atoms with Crippen LogP contribution < -0.4 is 0 Å². The minimum Gasteiger partial charge on any atom is -0.108 e. The molecule has 146 valence electrons. The Kier molecular flexibility index (Phi) is 24.8. The van der Waals surface area contributed by atoms with Crippen LogP contribution in [0.1, 0.15) is 68.7 Å². The van der Waals surface area contributed by atoms with Gasteiger partial charge >= 0.3 is 65.9 Å². The Morgan fingerprint density at radius 1 is 0.783 bits per heavy atom. The summed E-state index contributed by atoms with van der Waals surface area (Å²) in [6.07, 6.45) is 9.07. The SMILES string of the molecule is CC(C)(C)C[C](=O)[Ni][Cl].CCP(CC)CC.CCP(CC)CC. The van der Waals surface area contributed by atoms with E-state index in [4.69, 9.17) is 10.2 Å². The minimum absolute atomic E-state index is 0.0664. The van der Waals surface area contributed by atoms with Gasteiger partial charge in [0.2, 0.25) is 0 Å². The van der Waals surface area contributed by atoms with Crippen molar-refractivity contribution in [1.29, 1.82) is 0 Å². The number of carbonyl (C=O) groups excluding carboxylic acids is 1. The third-order valence-corrected chi connectivity index (χ3v) is 9.71. The molecule has 5 heteroatoms. The third kappa shape index (κ3) is 25.7. The summed E-state index contributed by atoms with van der Waals surface area (Å²) in [4.78, 5) is 10.7. The zero-order chi connectivity index (χ0) is 18.9. The summed E-state index contributed by atoms with van der Waals surface area (Å²) < 4.78 is 0.0664. The molecule has 0 atom stereocenters. The van der Waals surface area contributed by atoms with Crippen molar-refractivity contribution in [2.24, 2.45) is 5.41 Å². The summed E-state index contributed by atoms with van der Waals surface area (Å²) in [5, 5.41) is 0. The van der Waals surface area contributed by atoms with Crippen molar-refractivity contribution in [3.8, 4) is 0 Å². The van der Waals surface area contributed by atoms with E-state index >= 15 is 0 Å². The summed E-state index contributed by atoms with van der Waals surface area (Å²) in [5.41, 5.74) is 0.0736. The van der Waals surface area contributed by atoms with Crippen molar-refractivity contribution in [3.05, 3.63) is 0 Å². The molecule has 0 heterocycles. The predicted molar refractivity (Wildman–Crippen MR) is 112 cm³/mol. The third-order valence-electron chi connectivity index (χ3n) is 3.41. The van der Waals surface area contributed by atoms with Crippen molar-refractivity contribution in [1.82, 2.24) is 0 Å². The van der Waals surface area contributed by atoms with Gasteiger partial charge in [-0.05, 0) is 37.0 Å². The van der Waals surface area contributed by atoms with E-state index in [0.717, 1.165) is 0 Å². The van der Waals surface area contributed by atoms with Gasteiger partial charge in [0, 0.05) is 0 Å². The molecule has 0 amide bonds. The molecule has 0 aliphatic rings. The fourth-order valence-electron chi connectivity index (χ4n) is 1.75. The van der Waals surface area contributed by atoms with Gasteiger partial charge in [0.15, 0.2) is 0 Å². The van der Waals surface area contributed by atoms with Crippen LogP contribution in [0.4, 0.5) is 0 Å². The maximum atomic E-state index is 10.7. The van der Waals surface area contributed by atoms with Gasteiger partial charge in [0.05, 0.1) is 0 Å². The van der Waals surface area contributed by atoms with Gasteiger partial charge < -0.3 is 0 Å². The second-order valence-corrected chi connectivity index (χ2v) is 14.1. The Hall–Kier alpha value is 1.31. The van der Waals surface area contributed by atoms with E-state index in [1.807, 2.05) is 20.8 Å². The Labute approximate surface area is 160 Å². The summed E-state index contributed by atoms with van der Waals surface area (Å²) in [5.74, 6) is 0. The molecule has 0 saturated heterocycles. The average molecular weight is 430 g/mol. The number of rotatable bonds is 8. The van der Waals surface area contributed by atoms with E-state index in [9.17, 15) is 4.79 Å². The molecule has 0 aliphatic carbocycles. The number of carbonyl (C=O) groups is 1. The van der Waals surface area contributed by atoms with E-state index < -0.39 is 0 Å². The maximum absolute atomic E-state index is 10.7. The van der Waals surface area contributed by atoms with Crippen LogP contribution in [0.5, 0.6) is 0 Å². The van der Waals surface area contributed by atoms with Crippen molar-refractivity contribution in [3.63, 3.8) is 0 Å². The predicted octanol–water partition coefficient (Wildman–Crippen LogP) is 7.24. The molecule has 0 aromatic heterocycles. The molecular weight excluding hydrogens is 388 g/mol. The van der Waals surface area contributed by atoms with Gasteiger partial charge in [-0.3, -0.25) is 0 Å². The fraction of sp³-hybridized carbons (Fsp3) is 0.944. The molecule has 0 rings (SSSR count). The Morgan fingerprint density at radius 3 is 1.09 bits per heavy atom. The topological polar surface area (TPSA) is 17.1 Å². The van der Waals surface area contributed by atoms with E-state index in [2.05, 4.69) is 41.5 Å². The Bertz CT molecular complexity index is 227. The molecule has 0 fully saturated rings. The second kappa shape index (κ2) is 19.6. The molecule has 0 unspecified atom stereocenters. The smallest absolute Gasteiger partial charge is 0.0355 e. The van der Waals surface area contributed by atoms with Gasteiger partial charge in [0.1, 0.15) is 0 Å². The largest absolute Gasteiger partial charge is 0.108 e. The monoisotopic (exact) mass is 428 g/mol. The normalized spacial score (nSPS) is 11.0. The molecule has 0 saturated carbocycles. The number of halogens is 1. The molecule has 0 aliphatic heterocycles. The van der Waals surface area contributed by atoms with Crippen LogP contribution in [-0.2, 0) is 18.3 Å². The quantitative estimate of drug-likeness (QED) is 0.293. The van der Waals surface area contributed by atoms with E-state index in [1.165, 1.54) is 37.0 Å². The summed E-state index contributed by atoms with van der Waals surface area (Å²) in [6, 6.07) is 0. The molecule has 1 nitrogen and oxygen atoms in total. The zero-order valence-corrected chi connectivity index (χ0v) is 20.5. The Balaban J connectivity index is -0.000000264. The standard InChI is InChI=1S/C6H11O.2C6H15P.ClH.Ni/c1-6(2,3)4-5-7;2*1-4-7(5-2)6-3;;/h4H2,1-3H3;2*4-6H2,1-3H3;1H;/q;;;;+1/p-1. The molecule has 0 aromatic rings. The summed E-state index contributed by atoms with van der Waals surface area (Å²) >= 11 is 0.626. The summed E-state index contributed by atoms with van der Waals surface area (Å²) in [7, 11) is 6.14. The fourth-order valence-corrected chi connectivity index (χ4v) is 5.19. The van der Waals surface area contributed by atoms with Gasteiger partial charge in [-0.2, -0.15) is 0 Å². The van der Waals surface area contributed by atoms with Gasteiger partial charge in [-0.25, -0.2) is 0 Å². The van der Waals surface area contributed by atoms with Crippen LogP contribution in [0.25, 0.3) is 0 Å². The Morgan fingerprint density at radius 2 is 1.04 bits per heavy atom. The molecule has 0 N–H and O–H groups in total.